The van der Waals surface area contributed by atoms with Gasteiger partial charge in [0.25, 0.3) is 5.91 Å². The Labute approximate surface area is 151 Å². The minimum absolute atomic E-state index is 0. The molecule has 7 heteroatoms. The zero-order chi connectivity index (χ0) is 17.1. The number of nitrogens with two attached hydrogens (primary N) is 1. The number of nitrogens with zero attached hydrogens (tertiary/aromatic N) is 1. The number of hydrogen-bond acceptors (Lipinski definition) is 3. The molecule has 2 aromatic carbocycles. The molecule has 1 aliphatic heterocycles. The molecule has 0 spiro atoms. The average Bonchev–Trinajstić information content (AvgIpc) is 2.60. The lowest BCUT2D eigenvalue weighted by Crippen LogP contribution is -2.35. The van der Waals surface area contributed by atoms with E-state index in [0.29, 0.717) is 18.7 Å². The fourth-order valence-electron chi connectivity index (χ4n) is 2.90. The van der Waals surface area contributed by atoms with Crippen LogP contribution in [0.2, 0.25) is 0 Å². The largest absolute Gasteiger partial charge is 0.435 e. The first-order valence-electron chi connectivity index (χ1n) is 7.77. The quantitative estimate of drug-likeness (QED) is 0.894. The van der Waals surface area contributed by atoms with Crippen molar-refractivity contribution in [1.82, 2.24) is 0 Å². The molecule has 1 aliphatic rings. The highest BCUT2D eigenvalue weighted by Crippen LogP contribution is 2.32. The number of carbonyl (C=O) groups excluding carboxylic acids is 1. The molecule has 0 bridgehead atoms. The summed E-state index contributed by atoms with van der Waals surface area (Å²) in [6, 6.07) is 11.9. The zero-order valence-corrected chi connectivity index (χ0v) is 14.3. The van der Waals surface area contributed by atoms with E-state index < -0.39 is 6.61 Å². The zero-order valence-electron chi connectivity index (χ0n) is 13.5. The molecule has 0 aromatic heterocycles. The summed E-state index contributed by atoms with van der Waals surface area (Å²) < 4.78 is 29.1. The molecule has 0 saturated heterocycles. The smallest absolute Gasteiger partial charge is 0.387 e. The molecule has 0 aliphatic carbocycles. The van der Waals surface area contributed by atoms with Crippen molar-refractivity contribution in [3.8, 4) is 5.75 Å². The maximum absolute atomic E-state index is 12.8. The van der Waals surface area contributed by atoms with Crippen LogP contribution in [0, 0.1) is 0 Å². The molecule has 0 radical (unpaired) electrons. The van der Waals surface area contributed by atoms with E-state index in [-0.39, 0.29) is 24.1 Å². The van der Waals surface area contributed by atoms with Crippen LogP contribution in [0.15, 0.2) is 42.5 Å². The molecule has 1 heterocycles. The molecule has 0 saturated carbocycles. The lowest BCUT2D eigenvalue weighted by atomic mass is 10.00. The first-order chi connectivity index (χ1) is 11.6. The second-order valence-electron chi connectivity index (χ2n) is 5.63. The Morgan fingerprint density at radius 3 is 2.56 bits per heavy atom. The minimum atomic E-state index is -2.86. The predicted molar refractivity (Wildman–Crippen MR) is 94.7 cm³/mol. The summed E-state index contributed by atoms with van der Waals surface area (Å²) in [7, 11) is 0. The Morgan fingerprint density at radius 1 is 1.20 bits per heavy atom. The first kappa shape index (κ1) is 19.1. The maximum Gasteiger partial charge on any atom is 0.387 e. The second kappa shape index (κ2) is 8.27. The van der Waals surface area contributed by atoms with Gasteiger partial charge in [-0.25, -0.2) is 0 Å². The number of halogens is 3. The number of carbonyl (C=O) groups is 1. The summed E-state index contributed by atoms with van der Waals surface area (Å²) in [5, 5.41) is 0. The third kappa shape index (κ3) is 4.27. The van der Waals surface area contributed by atoms with Crippen LogP contribution in [0.25, 0.3) is 0 Å². The Morgan fingerprint density at radius 2 is 1.92 bits per heavy atom. The molecule has 2 aromatic rings. The van der Waals surface area contributed by atoms with E-state index in [4.69, 9.17) is 5.73 Å². The van der Waals surface area contributed by atoms with Crippen LogP contribution < -0.4 is 15.4 Å². The topological polar surface area (TPSA) is 55.6 Å². The van der Waals surface area contributed by atoms with Gasteiger partial charge in [0.2, 0.25) is 0 Å². The lowest BCUT2D eigenvalue weighted by Gasteiger charge is -2.30. The van der Waals surface area contributed by atoms with Gasteiger partial charge in [0, 0.05) is 24.3 Å². The molecular weight excluding hydrogens is 350 g/mol. The Balaban J connectivity index is 0.00000225. The predicted octanol–water partition coefficient (Wildman–Crippen LogP) is 3.76. The number of alkyl halides is 2. The monoisotopic (exact) mass is 368 g/mol. The number of rotatable bonds is 4. The molecule has 3 rings (SSSR count). The van der Waals surface area contributed by atoms with Crippen molar-refractivity contribution in [3.05, 3.63) is 59.2 Å². The molecule has 25 heavy (non-hydrogen) atoms. The van der Waals surface area contributed by atoms with Crippen molar-refractivity contribution in [2.45, 2.75) is 26.0 Å². The molecule has 2 N–H and O–H groups in total. The third-order valence-corrected chi connectivity index (χ3v) is 4.08. The number of amides is 1. The molecule has 0 atom stereocenters. The van der Waals surface area contributed by atoms with Crippen LogP contribution in [0.4, 0.5) is 14.5 Å². The molecular formula is C18H19ClF2N2O2. The lowest BCUT2D eigenvalue weighted by molar-refractivity contribution is -0.0498. The van der Waals surface area contributed by atoms with Gasteiger partial charge in [-0.1, -0.05) is 12.1 Å². The highest BCUT2D eigenvalue weighted by Gasteiger charge is 2.24. The molecule has 134 valence electrons. The van der Waals surface area contributed by atoms with Gasteiger partial charge in [0.1, 0.15) is 5.75 Å². The second-order valence-corrected chi connectivity index (χ2v) is 5.63. The number of fused-ring (bicyclic) bond motifs is 1. The van der Waals surface area contributed by atoms with Crippen molar-refractivity contribution in [2.75, 3.05) is 11.4 Å². The molecule has 0 fully saturated rings. The summed E-state index contributed by atoms with van der Waals surface area (Å²) in [5.74, 6) is 0.00685. The van der Waals surface area contributed by atoms with E-state index >= 15 is 0 Å². The first-order valence-corrected chi connectivity index (χ1v) is 7.77. The third-order valence-electron chi connectivity index (χ3n) is 4.08. The summed E-state index contributed by atoms with van der Waals surface area (Å²) in [5.41, 5.74) is 8.69. The number of hydrogen-bond donors (Lipinski definition) is 1. The van der Waals surface area contributed by atoms with Crippen LogP contribution in [-0.4, -0.2) is 19.1 Å². The Kier molecular flexibility index (Phi) is 6.33. The van der Waals surface area contributed by atoms with Gasteiger partial charge in [0.15, 0.2) is 0 Å². The van der Waals surface area contributed by atoms with Crippen LogP contribution in [-0.2, 0) is 13.0 Å². The van der Waals surface area contributed by atoms with Crippen LogP contribution in [0.3, 0.4) is 0 Å². The standard InChI is InChI=1S/C18H18F2N2O2.ClH/c19-18(20)24-15-7-8-16-14(10-15)2-1-9-22(16)17(23)13-5-3-12(11-21)4-6-13;/h3-8,10,18H,1-2,9,11,21H2;1H. The van der Waals surface area contributed by atoms with E-state index in [1.165, 1.54) is 6.07 Å². The molecule has 4 nitrogen and oxygen atoms in total. The van der Waals surface area contributed by atoms with Crippen molar-refractivity contribution in [3.63, 3.8) is 0 Å². The van der Waals surface area contributed by atoms with Crippen molar-refractivity contribution in [2.24, 2.45) is 5.73 Å². The fraction of sp³-hybridized carbons (Fsp3) is 0.278. The molecule has 0 unspecified atom stereocenters. The Bertz CT molecular complexity index is 738. The van der Waals surface area contributed by atoms with Gasteiger partial charge in [0.05, 0.1) is 0 Å². The van der Waals surface area contributed by atoms with Gasteiger partial charge >= 0.3 is 6.61 Å². The number of benzene rings is 2. The van der Waals surface area contributed by atoms with Gasteiger partial charge < -0.3 is 15.4 Å². The van der Waals surface area contributed by atoms with Gasteiger partial charge in [-0.3, -0.25) is 4.79 Å². The molecule has 1 amide bonds. The van der Waals surface area contributed by atoms with Crippen molar-refractivity contribution >= 4 is 24.0 Å². The highest BCUT2D eigenvalue weighted by molar-refractivity contribution is 6.06. The number of anilines is 1. The minimum Gasteiger partial charge on any atom is -0.435 e. The summed E-state index contributed by atoms with van der Waals surface area (Å²) in [6.07, 6.45) is 1.50. The normalized spacial score (nSPS) is 13.2. The summed E-state index contributed by atoms with van der Waals surface area (Å²) in [4.78, 5) is 14.5. The van der Waals surface area contributed by atoms with Crippen LogP contribution in [0.1, 0.15) is 27.9 Å². The van der Waals surface area contributed by atoms with Gasteiger partial charge in [-0.2, -0.15) is 8.78 Å². The maximum atomic E-state index is 12.8. The van der Waals surface area contributed by atoms with Gasteiger partial charge in [-0.15, -0.1) is 12.4 Å². The average molecular weight is 369 g/mol. The summed E-state index contributed by atoms with van der Waals surface area (Å²) >= 11 is 0. The van der Waals surface area contributed by atoms with Crippen molar-refractivity contribution < 1.29 is 18.3 Å². The fourth-order valence-corrected chi connectivity index (χ4v) is 2.90. The highest BCUT2D eigenvalue weighted by atomic mass is 35.5. The van der Waals surface area contributed by atoms with E-state index in [1.807, 2.05) is 12.1 Å². The van der Waals surface area contributed by atoms with Gasteiger partial charge in [-0.05, 0) is 54.3 Å². The van der Waals surface area contributed by atoms with E-state index in [1.54, 1.807) is 29.2 Å². The van der Waals surface area contributed by atoms with E-state index in [0.717, 1.165) is 29.7 Å². The van der Waals surface area contributed by atoms with E-state index in [2.05, 4.69) is 4.74 Å². The van der Waals surface area contributed by atoms with Crippen molar-refractivity contribution in [1.29, 1.82) is 0 Å². The number of aryl methyl sites for hydroxylation is 1. The van der Waals surface area contributed by atoms with Crippen LogP contribution >= 0.6 is 12.4 Å². The summed E-state index contributed by atoms with van der Waals surface area (Å²) in [6.45, 7) is -1.83. The van der Waals surface area contributed by atoms with E-state index in [9.17, 15) is 13.6 Å². The SMILES string of the molecule is Cl.NCc1ccc(C(=O)N2CCCc3cc(OC(F)F)ccc32)cc1. The number of ether oxygens (including phenoxy) is 1. The van der Waals surface area contributed by atoms with Crippen LogP contribution in [0.5, 0.6) is 5.75 Å². The Hall–Kier alpha value is -2.18.